The van der Waals surface area contributed by atoms with Gasteiger partial charge in [-0.1, -0.05) is 33.6 Å². The smallest absolute Gasteiger partial charge is 0.251 e. The normalized spacial score (nSPS) is 10.3. The minimum Gasteiger partial charge on any atom is -0.352 e. The maximum absolute atomic E-state index is 12.9. The summed E-state index contributed by atoms with van der Waals surface area (Å²) in [7, 11) is 0. The van der Waals surface area contributed by atoms with Crippen LogP contribution in [-0.4, -0.2) is 12.5 Å². The number of rotatable bonds is 4. The van der Waals surface area contributed by atoms with E-state index in [-0.39, 0.29) is 11.7 Å². The van der Waals surface area contributed by atoms with E-state index in [4.69, 9.17) is 11.6 Å². The molecule has 5 heteroatoms. The number of halogens is 3. The van der Waals surface area contributed by atoms with E-state index in [9.17, 15) is 9.18 Å². The Morgan fingerprint density at radius 2 is 1.90 bits per heavy atom. The molecule has 1 amide bonds. The van der Waals surface area contributed by atoms with Gasteiger partial charge in [-0.15, -0.1) is 0 Å². The van der Waals surface area contributed by atoms with E-state index in [1.807, 2.05) is 12.1 Å². The molecule has 0 heterocycles. The second-order valence-corrected chi connectivity index (χ2v) is 5.57. The lowest BCUT2D eigenvalue weighted by molar-refractivity contribution is 0.0954. The SMILES string of the molecule is O=C(NCCc1ccc(F)cc1Cl)c1ccc(Br)cc1. The fourth-order valence-corrected chi connectivity index (χ4v) is 2.26. The van der Waals surface area contributed by atoms with Gasteiger partial charge in [-0.05, 0) is 48.4 Å². The highest BCUT2D eigenvalue weighted by Gasteiger charge is 2.06. The molecule has 2 aromatic carbocycles. The summed E-state index contributed by atoms with van der Waals surface area (Å²) in [6, 6.07) is 11.4. The van der Waals surface area contributed by atoms with Crippen LogP contribution in [0.2, 0.25) is 5.02 Å². The number of carbonyl (C=O) groups is 1. The van der Waals surface area contributed by atoms with Crippen molar-refractivity contribution in [3.8, 4) is 0 Å². The van der Waals surface area contributed by atoms with Crippen LogP contribution < -0.4 is 5.32 Å². The molecule has 20 heavy (non-hydrogen) atoms. The molecule has 1 N–H and O–H groups in total. The molecule has 2 nitrogen and oxygen atoms in total. The van der Waals surface area contributed by atoms with Crippen molar-refractivity contribution < 1.29 is 9.18 Å². The molecular formula is C15H12BrClFNO. The summed E-state index contributed by atoms with van der Waals surface area (Å²) >= 11 is 9.24. The van der Waals surface area contributed by atoms with Gasteiger partial charge in [0.05, 0.1) is 0 Å². The van der Waals surface area contributed by atoms with Gasteiger partial charge in [0.1, 0.15) is 5.82 Å². The van der Waals surface area contributed by atoms with Crippen molar-refractivity contribution in [3.05, 3.63) is 68.9 Å². The Balaban J connectivity index is 1.89. The lowest BCUT2D eigenvalue weighted by atomic mass is 10.1. The molecule has 0 aliphatic heterocycles. The van der Waals surface area contributed by atoms with E-state index < -0.39 is 0 Å². The molecule has 0 saturated carbocycles. The molecule has 0 aliphatic carbocycles. The molecule has 0 atom stereocenters. The van der Waals surface area contributed by atoms with E-state index >= 15 is 0 Å². The first kappa shape index (κ1) is 15.0. The minimum atomic E-state index is -0.363. The average molecular weight is 357 g/mol. The van der Waals surface area contributed by atoms with Crippen LogP contribution in [0.5, 0.6) is 0 Å². The van der Waals surface area contributed by atoms with Gasteiger partial charge < -0.3 is 5.32 Å². The zero-order valence-corrected chi connectivity index (χ0v) is 12.8. The van der Waals surface area contributed by atoms with E-state index in [1.165, 1.54) is 12.1 Å². The van der Waals surface area contributed by atoms with Crippen LogP contribution in [0.4, 0.5) is 4.39 Å². The topological polar surface area (TPSA) is 29.1 Å². The van der Waals surface area contributed by atoms with Crippen LogP contribution in [0.25, 0.3) is 0 Å². The third-order valence-corrected chi connectivity index (χ3v) is 3.68. The summed E-state index contributed by atoms with van der Waals surface area (Å²) in [5, 5.41) is 3.18. The van der Waals surface area contributed by atoms with Crippen LogP contribution in [0.1, 0.15) is 15.9 Å². The van der Waals surface area contributed by atoms with E-state index in [1.54, 1.807) is 18.2 Å². The second kappa shape index (κ2) is 6.86. The van der Waals surface area contributed by atoms with Gasteiger partial charge in [-0.2, -0.15) is 0 Å². The predicted molar refractivity (Wildman–Crippen MR) is 81.6 cm³/mol. The highest BCUT2D eigenvalue weighted by atomic mass is 79.9. The fourth-order valence-electron chi connectivity index (χ4n) is 1.74. The van der Waals surface area contributed by atoms with Gasteiger partial charge in [0.15, 0.2) is 0 Å². The molecule has 0 radical (unpaired) electrons. The van der Waals surface area contributed by atoms with Gasteiger partial charge in [-0.3, -0.25) is 4.79 Å². The Morgan fingerprint density at radius 3 is 2.55 bits per heavy atom. The zero-order valence-electron chi connectivity index (χ0n) is 10.5. The lowest BCUT2D eigenvalue weighted by Gasteiger charge is -2.07. The summed E-state index contributed by atoms with van der Waals surface area (Å²) in [6.07, 6.45) is 0.557. The number of carbonyl (C=O) groups excluding carboxylic acids is 1. The standard InChI is InChI=1S/C15H12BrClFNO/c16-12-4-1-11(2-5-12)15(20)19-8-7-10-3-6-13(18)9-14(10)17/h1-6,9H,7-8H2,(H,19,20). The Morgan fingerprint density at radius 1 is 1.20 bits per heavy atom. The summed E-state index contributed by atoms with van der Waals surface area (Å²) in [5.74, 6) is -0.506. The first-order valence-electron chi connectivity index (χ1n) is 6.04. The van der Waals surface area contributed by atoms with Gasteiger partial charge in [-0.25, -0.2) is 4.39 Å². The quantitative estimate of drug-likeness (QED) is 0.873. The second-order valence-electron chi connectivity index (χ2n) is 4.25. The number of hydrogen-bond acceptors (Lipinski definition) is 1. The first-order valence-corrected chi connectivity index (χ1v) is 7.21. The van der Waals surface area contributed by atoms with Crippen LogP contribution in [0.3, 0.4) is 0 Å². The number of nitrogens with one attached hydrogen (secondary N) is 1. The molecule has 0 bridgehead atoms. The van der Waals surface area contributed by atoms with E-state index in [0.29, 0.717) is 23.6 Å². The van der Waals surface area contributed by atoms with Crippen molar-refractivity contribution in [2.24, 2.45) is 0 Å². The van der Waals surface area contributed by atoms with E-state index in [2.05, 4.69) is 21.2 Å². The molecule has 2 rings (SSSR count). The molecule has 0 fully saturated rings. The fraction of sp³-hybridized carbons (Fsp3) is 0.133. The highest BCUT2D eigenvalue weighted by molar-refractivity contribution is 9.10. The Labute approximate surface area is 130 Å². The van der Waals surface area contributed by atoms with Gasteiger partial charge in [0.2, 0.25) is 0 Å². The molecule has 0 aromatic heterocycles. The van der Waals surface area contributed by atoms with Crippen molar-refractivity contribution in [2.45, 2.75) is 6.42 Å². The Kier molecular flexibility index (Phi) is 5.15. The highest BCUT2D eigenvalue weighted by Crippen LogP contribution is 2.17. The zero-order chi connectivity index (χ0) is 14.5. The van der Waals surface area contributed by atoms with Gasteiger partial charge >= 0.3 is 0 Å². The monoisotopic (exact) mass is 355 g/mol. The van der Waals surface area contributed by atoms with Gasteiger partial charge in [0, 0.05) is 21.6 Å². The van der Waals surface area contributed by atoms with Crippen molar-refractivity contribution in [1.29, 1.82) is 0 Å². The number of hydrogen-bond donors (Lipinski definition) is 1. The summed E-state index contributed by atoms with van der Waals surface area (Å²) in [5.41, 5.74) is 1.41. The molecular weight excluding hydrogens is 345 g/mol. The largest absolute Gasteiger partial charge is 0.352 e. The average Bonchev–Trinajstić information content (AvgIpc) is 2.42. The number of benzene rings is 2. The Bertz CT molecular complexity index is 616. The molecule has 2 aromatic rings. The maximum Gasteiger partial charge on any atom is 0.251 e. The predicted octanol–water partition coefficient (Wildman–Crippen LogP) is 4.21. The minimum absolute atomic E-state index is 0.143. The molecule has 0 spiro atoms. The molecule has 104 valence electrons. The molecule has 0 unspecified atom stereocenters. The van der Waals surface area contributed by atoms with Crippen LogP contribution in [-0.2, 0) is 6.42 Å². The molecule has 0 saturated heterocycles. The van der Waals surface area contributed by atoms with Crippen molar-refractivity contribution in [2.75, 3.05) is 6.54 Å². The summed E-state index contributed by atoms with van der Waals surface area (Å²) in [4.78, 5) is 11.9. The van der Waals surface area contributed by atoms with Crippen molar-refractivity contribution in [3.63, 3.8) is 0 Å². The van der Waals surface area contributed by atoms with Gasteiger partial charge in [0.25, 0.3) is 5.91 Å². The lowest BCUT2D eigenvalue weighted by Crippen LogP contribution is -2.25. The van der Waals surface area contributed by atoms with Crippen LogP contribution in [0.15, 0.2) is 46.9 Å². The third kappa shape index (κ3) is 4.05. The van der Waals surface area contributed by atoms with Crippen LogP contribution >= 0.6 is 27.5 Å². The molecule has 0 aliphatic rings. The van der Waals surface area contributed by atoms with Crippen molar-refractivity contribution >= 4 is 33.4 Å². The van der Waals surface area contributed by atoms with E-state index in [0.717, 1.165) is 10.0 Å². The van der Waals surface area contributed by atoms with Crippen LogP contribution in [0, 0.1) is 5.82 Å². The third-order valence-electron chi connectivity index (χ3n) is 2.80. The maximum atomic E-state index is 12.9. The first-order chi connectivity index (χ1) is 9.56. The summed E-state index contributed by atoms with van der Waals surface area (Å²) < 4.78 is 13.8. The van der Waals surface area contributed by atoms with Crippen molar-refractivity contribution in [1.82, 2.24) is 5.32 Å². The Hall–Kier alpha value is -1.39. The summed E-state index contributed by atoms with van der Waals surface area (Å²) in [6.45, 7) is 0.445. The number of amides is 1.